The van der Waals surface area contributed by atoms with Gasteiger partial charge in [0.1, 0.15) is 0 Å². The highest BCUT2D eigenvalue weighted by atomic mass is 127. The second-order valence-corrected chi connectivity index (χ2v) is 7.16. The summed E-state index contributed by atoms with van der Waals surface area (Å²) in [6.07, 6.45) is 5.09. The van der Waals surface area contributed by atoms with Crippen molar-refractivity contribution in [1.82, 2.24) is 15.5 Å². The number of nitrogens with one attached hydrogen (secondary N) is 2. The first kappa shape index (κ1) is 21.4. The predicted molar refractivity (Wildman–Crippen MR) is 118 cm³/mol. The summed E-state index contributed by atoms with van der Waals surface area (Å²) in [6, 6.07) is 10.8. The Labute approximate surface area is 175 Å². The Kier molecular flexibility index (Phi) is 9.71. The van der Waals surface area contributed by atoms with Gasteiger partial charge in [-0.05, 0) is 43.7 Å². The second kappa shape index (κ2) is 11.8. The molecule has 2 N–H and O–H groups in total. The van der Waals surface area contributed by atoms with Gasteiger partial charge in [-0.15, -0.1) is 24.0 Å². The quantitative estimate of drug-likeness (QED) is 0.364. The number of likely N-dealkylation sites (tertiary alicyclic amines) is 1. The van der Waals surface area contributed by atoms with Gasteiger partial charge >= 0.3 is 0 Å². The Bertz CT molecular complexity index is 534. The van der Waals surface area contributed by atoms with Crippen LogP contribution in [0, 0.1) is 5.92 Å². The lowest BCUT2D eigenvalue weighted by Gasteiger charge is -2.18. The van der Waals surface area contributed by atoms with Crippen LogP contribution >= 0.6 is 24.0 Å². The van der Waals surface area contributed by atoms with Crippen molar-refractivity contribution in [1.29, 1.82) is 0 Å². The molecule has 1 aromatic carbocycles. The van der Waals surface area contributed by atoms with E-state index >= 15 is 0 Å². The van der Waals surface area contributed by atoms with E-state index in [1.54, 1.807) is 0 Å². The topological polar surface area (TPSA) is 48.9 Å². The molecule has 26 heavy (non-hydrogen) atoms. The lowest BCUT2D eigenvalue weighted by molar-refractivity contribution is 0.114. The van der Waals surface area contributed by atoms with Gasteiger partial charge in [-0.3, -0.25) is 4.99 Å². The summed E-state index contributed by atoms with van der Waals surface area (Å²) in [5.74, 6) is 1.61. The fraction of sp³-hybridized carbons (Fsp3) is 0.650. The number of rotatable bonds is 7. The van der Waals surface area contributed by atoms with E-state index in [1.165, 1.54) is 31.5 Å². The molecule has 2 unspecified atom stereocenters. The van der Waals surface area contributed by atoms with Crippen LogP contribution in [0.2, 0.25) is 0 Å². The minimum Gasteiger partial charge on any atom is -0.376 e. The number of benzene rings is 1. The number of aliphatic imine (C=N–C) groups is 1. The van der Waals surface area contributed by atoms with Crippen LogP contribution in [0.1, 0.15) is 24.8 Å². The average molecular weight is 472 g/mol. The number of hydrogen-bond acceptors (Lipinski definition) is 3. The van der Waals surface area contributed by atoms with Crippen molar-refractivity contribution in [3.05, 3.63) is 35.9 Å². The van der Waals surface area contributed by atoms with Gasteiger partial charge in [-0.25, -0.2) is 0 Å². The Hall–Kier alpha value is -0.860. The first-order valence-electron chi connectivity index (χ1n) is 9.66. The maximum atomic E-state index is 5.65. The first-order valence-corrected chi connectivity index (χ1v) is 9.66. The highest BCUT2D eigenvalue weighted by Gasteiger charge is 2.22. The van der Waals surface area contributed by atoms with Crippen molar-refractivity contribution in [2.75, 3.05) is 46.4 Å². The molecule has 6 heteroatoms. The molecule has 2 saturated heterocycles. The molecule has 2 aliphatic rings. The van der Waals surface area contributed by atoms with Crippen molar-refractivity contribution in [3.63, 3.8) is 0 Å². The van der Waals surface area contributed by atoms with Crippen molar-refractivity contribution in [2.24, 2.45) is 10.9 Å². The van der Waals surface area contributed by atoms with Crippen molar-refractivity contribution < 1.29 is 4.74 Å². The Morgan fingerprint density at radius 1 is 1.19 bits per heavy atom. The maximum absolute atomic E-state index is 5.65. The van der Waals surface area contributed by atoms with Gasteiger partial charge in [0.25, 0.3) is 0 Å². The minimum absolute atomic E-state index is 0. The summed E-state index contributed by atoms with van der Waals surface area (Å²) < 4.78 is 5.65. The molecule has 2 atom stereocenters. The molecular formula is C20H33IN4O. The average Bonchev–Trinajstić information content (AvgIpc) is 3.33. The van der Waals surface area contributed by atoms with E-state index in [4.69, 9.17) is 4.74 Å². The van der Waals surface area contributed by atoms with Crippen LogP contribution in [0.25, 0.3) is 0 Å². The smallest absolute Gasteiger partial charge is 0.191 e. The predicted octanol–water partition coefficient (Wildman–Crippen LogP) is 2.51. The molecule has 0 bridgehead atoms. The van der Waals surface area contributed by atoms with E-state index < -0.39 is 0 Å². The fourth-order valence-electron chi connectivity index (χ4n) is 3.69. The van der Waals surface area contributed by atoms with Crippen LogP contribution in [0.5, 0.6) is 0 Å². The summed E-state index contributed by atoms with van der Waals surface area (Å²) in [6.45, 7) is 6.30. The summed E-state index contributed by atoms with van der Waals surface area (Å²) in [4.78, 5) is 6.92. The lowest BCUT2D eigenvalue weighted by Crippen LogP contribution is -2.43. The van der Waals surface area contributed by atoms with Gasteiger partial charge in [0.05, 0.1) is 6.10 Å². The van der Waals surface area contributed by atoms with Gasteiger partial charge in [0.15, 0.2) is 5.96 Å². The van der Waals surface area contributed by atoms with Crippen LogP contribution in [0.3, 0.4) is 0 Å². The van der Waals surface area contributed by atoms with Gasteiger partial charge in [0, 0.05) is 39.8 Å². The van der Waals surface area contributed by atoms with E-state index in [9.17, 15) is 0 Å². The molecule has 2 fully saturated rings. The molecule has 0 aromatic heterocycles. The van der Waals surface area contributed by atoms with E-state index in [0.717, 1.165) is 45.0 Å². The molecule has 146 valence electrons. The third-order valence-electron chi connectivity index (χ3n) is 5.23. The molecule has 1 aromatic rings. The molecule has 2 aliphatic heterocycles. The summed E-state index contributed by atoms with van der Waals surface area (Å²) in [5.41, 5.74) is 1.43. The number of guanidine groups is 1. The van der Waals surface area contributed by atoms with E-state index in [-0.39, 0.29) is 24.0 Å². The Morgan fingerprint density at radius 3 is 2.73 bits per heavy atom. The van der Waals surface area contributed by atoms with Crippen molar-refractivity contribution in [2.45, 2.75) is 31.8 Å². The Balaban J connectivity index is 0.00000243. The molecule has 5 nitrogen and oxygen atoms in total. The third kappa shape index (κ3) is 7.04. The molecule has 0 saturated carbocycles. The van der Waals surface area contributed by atoms with Crippen LogP contribution in [0.4, 0.5) is 0 Å². The van der Waals surface area contributed by atoms with Crippen molar-refractivity contribution >= 4 is 29.9 Å². The summed E-state index contributed by atoms with van der Waals surface area (Å²) in [7, 11) is 1.84. The van der Waals surface area contributed by atoms with Gasteiger partial charge in [-0.1, -0.05) is 30.3 Å². The largest absolute Gasteiger partial charge is 0.376 e. The molecule has 0 radical (unpaired) electrons. The van der Waals surface area contributed by atoms with Gasteiger partial charge in [0.2, 0.25) is 0 Å². The van der Waals surface area contributed by atoms with Gasteiger partial charge in [-0.2, -0.15) is 0 Å². The molecule has 2 heterocycles. The summed E-state index contributed by atoms with van der Waals surface area (Å²) >= 11 is 0. The standard InChI is InChI=1S/C20H32N4O.HI/c1-21-20(23-15-19-8-5-13-25-19)22-14-18-10-12-24(16-18)11-9-17-6-3-2-4-7-17;/h2-4,6-7,18-19H,5,8-16H2,1H3,(H2,21,22,23);1H. The molecule has 0 spiro atoms. The zero-order valence-electron chi connectivity index (χ0n) is 15.8. The zero-order valence-corrected chi connectivity index (χ0v) is 18.2. The first-order chi connectivity index (χ1) is 12.3. The van der Waals surface area contributed by atoms with E-state index in [0.29, 0.717) is 12.0 Å². The zero-order chi connectivity index (χ0) is 17.3. The van der Waals surface area contributed by atoms with Gasteiger partial charge < -0.3 is 20.3 Å². The highest BCUT2D eigenvalue weighted by molar-refractivity contribution is 14.0. The van der Waals surface area contributed by atoms with Crippen LogP contribution < -0.4 is 10.6 Å². The molecule has 0 amide bonds. The fourth-order valence-corrected chi connectivity index (χ4v) is 3.69. The van der Waals surface area contributed by atoms with E-state index in [2.05, 4.69) is 50.9 Å². The van der Waals surface area contributed by atoms with Crippen LogP contribution in [0.15, 0.2) is 35.3 Å². The highest BCUT2D eigenvalue weighted by Crippen LogP contribution is 2.16. The molecular weight excluding hydrogens is 439 g/mol. The molecule has 3 rings (SSSR count). The number of hydrogen-bond donors (Lipinski definition) is 2. The number of ether oxygens (including phenoxy) is 1. The normalized spacial score (nSPS) is 23.7. The maximum Gasteiger partial charge on any atom is 0.191 e. The number of nitrogens with zero attached hydrogens (tertiary/aromatic N) is 2. The monoisotopic (exact) mass is 472 g/mol. The molecule has 0 aliphatic carbocycles. The van der Waals surface area contributed by atoms with Crippen LogP contribution in [-0.4, -0.2) is 63.3 Å². The van der Waals surface area contributed by atoms with Crippen molar-refractivity contribution in [3.8, 4) is 0 Å². The Morgan fingerprint density at radius 2 is 2.00 bits per heavy atom. The third-order valence-corrected chi connectivity index (χ3v) is 5.23. The number of halogens is 1. The van der Waals surface area contributed by atoms with Crippen LogP contribution in [-0.2, 0) is 11.2 Å². The summed E-state index contributed by atoms with van der Waals surface area (Å²) in [5, 5.41) is 6.88. The SMILES string of the molecule is CN=C(NCC1CCN(CCc2ccccc2)C1)NCC1CCCO1.I. The van der Waals surface area contributed by atoms with E-state index in [1.807, 2.05) is 7.05 Å². The minimum atomic E-state index is 0. The second-order valence-electron chi connectivity index (χ2n) is 7.16. The lowest BCUT2D eigenvalue weighted by atomic mass is 10.1.